The minimum atomic E-state index is -0.855. The largest absolute Gasteiger partial charge is 0.508 e. The molecule has 10 nitrogen and oxygen atoms in total. The van der Waals surface area contributed by atoms with Gasteiger partial charge in [0.1, 0.15) is 29.7 Å². The van der Waals surface area contributed by atoms with E-state index < -0.39 is 53.6 Å². The number of phenolic OH excluding ortho intramolecular Hbond substituents is 1. The molecule has 2 aromatic carbocycles. The van der Waals surface area contributed by atoms with E-state index in [0.29, 0.717) is 30.4 Å². The average molecular weight is 734 g/mol. The number of unbranched alkanes of at least 4 members (excludes halogenated alkanes) is 4. The van der Waals surface area contributed by atoms with Crippen molar-refractivity contribution in [1.29, 1.82) is 0 Å². The van der Waals surface area contributed by atoms with Gasteiger partial charge in [0.2, 0.25) is 5.91 Å². The van der Waals surface area contributed by atoms with Gasteiger partial charge in [0.05, 0.1) is 18.2 Å². The number of phenols is 1. The van der Waals surface area contributed by atoms with E-state index in [1.165, 1.54) is 0 Å². The Hall–Kier alpha value is -3.99. The Morgan fingerprint density at radius 3 is 2.38 bits per heavy atom. The predicted octanol–water partition coefficient (Wildman–Crippen LogP) is 7.74. The number of carbonyl (C=O) groups excluding carboxylic acids is 3. The Kier molecular flexibility index (Phi) is 15.7. The van der Waals surface area contributed by atoms with Crippen LogP contribution in [-0.2, 0) is 35.0 Å². The van der Waals surface area contributed by atoms with Crippen LogP contribution < -0.4 is 5.32 Å². The number of nitrogens with one attached hydrogen (secondary N) is 1. The van der Waals surface area contributed by atoms with Gasteiger partial charge in [0.15, 0.2) is 5.79 Å². The van der Waals surface area contributed by atoms with Crippen molar-refractivity contribution in [2.45, 2.75) is 147 Å². The highest BCUT2D eigenvalue weighted by Crippen LogP contribution is 2.43. The topological polar surface area (TPSA) is 141 Å². The zero-order valence-corrected chi connectivity index (χ0v) is 32.1. The molecule has 1 amide bonds. The molecular formula is C43H59NO9. The van der Waals surface area contributed by atoms with Crippen molar-refractivity contribution in [3.05, 3.63) is 82.9 Å². The van der Waals surface area contributed by atoms with E-state index in [0.717, 1.165) is 49.7 Å². The lowest BCUT2D eigenvalue weighted by atomic mass is 9.91. The van der Waals surface area contributed by atoms with Crippen LogP contribution in [0.2, 0.25) is 0 Å². The third-order valence-electron chi connectivity index (χ3n) is 9.49. The molecule has 1 aliphatic heterocycles. The number of esters is 2. The van der Waals surface area contributed by atoms with Crippen LogP contribution in [0.5, 0.6) is 5.75 Å². The van der Waals surface area contributed by atoms with Gasteiger partial charge in [-0.2, -0.15) is 0 Å². The van der Waals surface area contributed by atoms with Crippen LogP contribution in [0.3, 0.4) is 0 Å². The monoisotopic (exact) mass is 733 g/mol. The van der Waals surface area contributed by atoms with E-state index in [9.17, 15) is 24.6 Å². The van der Waals surface area contributed by atoms with Crippen LogP contribution in [-0.4, -0.2) is 70.4 Å². The lowest BCUT2D eigenvalue weighted by molar-refractivity contribution is -0.190. The zero-order chi connectivity index (χ0) is 38.4. The quantitative estimate of drug-likeness (QED) is 0.0977. The number of allylic oxidation sites excluding steroid dienone is 1. The van der Waals surface area contributed by atoms with Gasteiger partial charge < -0.3 is 34.5 Å². The molecule has 0 radical (unpaired) electrons. The molecule has 0 bridgehead atoms. The van der Waals surface area contributed by atoms with E-state index in [1.807, 2.05) is 30.4 Å². The van der Waals surface area contributed by atoms with Gasteiger partial charge >= 0.3 is 11.9 Å². The molecule has 2 aromatic rings. The minimum absolute atomic E-state index is 0.0325. The second kappa shape index (κ2) is 19.9. The number of amides is 1. The molecule has 0 saturated carbocycles. The zero-order valence-electron chi connectivity index (χ0n) is 32.1. The van der Waals surface area contributed by atoms with Crippen molar-refractivity contribution in [2.75, 3.05) is 6.61 Å². The molecule has 1 fully saturated rings. The molecule has 3 N–H and O–H groups in total. The second-order valence-electron chi connectivity index (χ2n) is 15.2. The lowest BCUT2D eigenvalue weighted by Crippen LogP contribution is -2.45. The first-order chi connectivity index (χ1) is 25.3. The fourth-order valence-corrected chi connectivity index (χ4v) is 6.75. The SMILES string of the molecule is CCCCCC1(CCCCC)O[C@@H]2[C@@H](C=C(C(=O)N[C@H](CO)CCC(=O)OC(C)(C)C)C[C@H]2OC(=O)c2cccc(C=CCc3ccccc3O)c2)O1. The Labute approximate surface area is 314 Å². The number of fused-ring (bicyclic) bond motifs is 1. The summed E-state index contributed by atoms with van der Waals surface area (Å²) in [4.78, 5) is 39.8. The van der Waals surface area contributed by atoms with Crippen molar-refractivity contribution in [1.82, 2.24) is 5.32 Å². The number of aromatic hydroxyl groups is 1. The molecule has 2 aliphatic rings. The maximum Gasteiger partial charge on any atom is 0.338 e. The molecule has 4 rings (SSSR count). The number of aliphatic hydroxyl groups is 1. The molecule has 0 unspecified atom stereocenters. The van der Waals surface area contributed by atoms with Crippen molar-refractivity contribution in [2.24, 2.45) is 0 Å². The Balaban J connectivity index is 1.53. The molecular weight excluding hydrogens is 674 g/mol. The van der Waals surface area contributed by atoms with Gasteiger partial charge in [0.25, 0.3) is 0 Å². The summed E-state index contributed by atoms with van der Waals surface area (Å²) >= 11 is 0. The summed E-state index contributed by atoms with van der Waals surface area (Å²) in [6.45, 7) is 9.29. The second-order valence-corrected chi connectivity index (χ2v) is 15.2. The van der Waals surface area contributed by atoms with E-state index >= 15 is 0 Å². The molecule has 0 spiro atoms. The number of aliphatic hydroxyl groups excluding tert-OH is 1. The molecule has 290 valence electrons. The summed E-state index contributed by atoms with van der Waals surface area (Å²) < 4.78 is 25.0. The summed E-state index contributed by atoms with van der Waals surface area (Å²) in [5.74, 6) is -2.01. The standard InChI is InChI=1S/C43H59NO9/c1-6-8-12-24-43(25-13-9-7-2)51-37-28-33(40(48)44-34(29-45)22-23-38(47)52-42(3,4)5)27-36(39(37)53-43)50-41(49)32-20-15-17-30(26-32)16-14-19-31-18-10-11-21-35(31)46/h10-11,14-18,20-21,26,28,34,36-37,39,45-46H,6-9,12-13,19,22-25,27,29H2,1-5H3,(H,44,48)/t34-,36+,37+,39-/m0/s1. The summed E-state index contributed by atoms with van der Waals surface area (Å²) in [6, 6.07) is 13.6. The highest BCUT2D eigenvalue weighted by atomic mass is 16.8. The van der Waals surface area contributed by atoms with Crippen molar-refractivity contribution in [3.8, 4) is 5.75 Å². The highest BCUT2D eigenvalue weighted by Gasteiger charge is 2.52. The predicted molar refractivity (Wildman–Crippen MR) is 204 cm³/mol. The van der Waals surface area contributed by atoms with E-state index in [-0.39, 0.29) is 31.6 Å². The molecule has 0 aromatic heterocycles. The Morgan fingerprint density at radius 1 is 1.00 bits per heavy atom. The van der Waals surface area contributed by atoms with Gasteiger partial charge in [-0.25, -0.2) is 4.79 Å². The van der Waals surface area contributed by atoms with Crippen LogP contribution >= 0.6 is 0 Å². The number of benzene rings is 2. The first-order valence-electron chi connectivity index (χ1n) is 19.3. The van der Waals surface area contributed by atoms with Crippen LogP contribution in [0.1, 0.15) is 127 Å². The lowest BCUT2D eigenvalue weighted by Gasteiger charge is -2.31. The minimum Gasteiger partial charge on any atom is -0.508 e. The number of hydrogen-bond donors (Lipinski definition) is 3. The first kappa shape index (κ1) is 41.8. The highest BCUT2D eigenvalue weighted by molar-refractivity contribution is 5.94. The summed E-state index contributed by atoms with van der Waals surface area (Å²) in [5.41, 5.74) is 1.67. The van der Waals surface area contributed by atoms with E-state index in [1.54, 1.807) is 57.2 Å². The van der Waals surface area contributed by atoms with Crippen LogP contribution in [0, 0.1) is 0 Å². The summed E-state index contributed by atoms with van der Waals surface area (Å²) in [7, 11) is 0. The van der Waals surface area contributed by atoms with Gasteiger partial charge in [-0.3, -0.25) is 9.59 Å². The molecule has 1 aliphatic carbocycles. The molecule has 53 heavy (non-hydrogen) atoms. The Bertz CT molecular complexity index is 1570. The number of hydrogen-bond acceptors (Lipinski definition) is 9. The van der Waals surface area contributed by atoms with Crippen molar-refractivity contribution < 1.29 is 43.5 Å². The summed E-state index contributed by atoms with van der Waals surface area (Å²) in [6.07, 6.45) is 11.8. The molecule has 10 heteroatoms. The fraction of sp³-hybridized carbons (Fsp3) is 0.558. The number of rotatable bonds is 19. The third kappa shape index (κ3) is 12.8. The molecule has 1 heterocycles. The van der Waals surface area contributed by atoms with Gasteiger partial charge in [-0.05, 0) is 81.9 Å². The van der Waals surface area contributed by atoms with Gasteiger partial charge in [0, 0.05) is 31.3 Å². The normalized spacial score (nSPS) is 20.0. The number of ether oxygens (including phenoxy) is 4. The first-order valence-corrected chi connectivity index (χ1v) is 19.3. The number of carbonyl (C=O) groups is 3. The van der Waals surface area contributed by atoms with Gasteiger partial charge in [-0.15, -0.1) is 0 Å². The smallest absolute Gasteiger partial charge is 0.338 e. The van der Waals surface area contributed by atoms with Crippen LogP contribution in [0.25, 0.3) is 6.08 Å². The van der Waals surface area contributed by atoms with Crippen molar-refractivity contribution in [3.63, 3.8) is 0 Å². The average Bonchev–Trinajstić information content (AvgIpc) is 3.49. The van der Waals surface area contributed by atoms with Crippen molar-refractivity contribution >= 4 is 23.9 Å². The third-order valence-corrected chi connectivity index (χ3v) is 9.49. The fourth-order valence-electron chi connectivity index (χ4n) is 6.75. The van der Waals surface area contributed by atoms with Crippen LogP contribution in [0.15, 0.2) is 66.3 Å². The Morgan fingerprint density at radius 2 is 1.72 bits per heavy atom. The maximum absolute atomic E-state index is 13.8. The van der Waals surface area contributed by atoms with E-state index in [2.05, 4.69) is 19.2 Å². The van der Waals surface area contributed by atoms with E-state index in [4.69, 9.17) is 18.9 Å². The molecule has 4 atom stereocenters. The maximum atomic E-state index is 13.8. The molecule has 1 saturated heterocycles. The van der Waals surface area contributed by atoms with Crippen LogP contribution in [0.4, 0.5) is 0 Å². The number of para-hydroxylation sites is 1. The van der Waals surface area contributed by atoms with Gasteiger partial charge in [-0.1, -0.05) is 82.0 Å². The summed E-state index contributed by atoms with van der Waals surface area (Å²) in [5, 5.41) is 23.0.